The predicted molar refractivity (Wildman–Crippen MR) is 81.0 cm³/mol. The van der Waals surface area contributed by atoms with Gasteiger partial charge in [-0.05, 0) is 30.2 Å². The fourth-order valence-electron chi connectivity index (χ4n) is 2.40. The maximum atomic E-state index is 12.5. The van der Waals surface area contributed by atoms with Crippen molar-refractivity contribution in [2.24, 2.45) is 0 Å². The van der Waals surface area contributed by atoms with Crippen LogP contribution in [0.4, 0.5) is 0 Å². The second-order valence-corrected chi connectivity index (χ2v) is 4.92. The Hall–Kier alpha value is -2.93. The molecular formula is C17H13N3O. The summed E-state index contributed by atoms with van der Waals surface area (Å²) in [5, 5.41) is 9.72. The van der Waals surface area contributed by atoms with Crippen molar-refractivity contribution in [3.8, 4) is 6.07 Å². The second kappa shape index (κ2) is 5.22. The Morgan fingerprint density at radius 3 is 2.81 bits per heavy atom. The smallest absolute Gasteiger partial charge is 0.261 e. The molecular weight excluding hydrogens is 262 g/mol. The summed E-state index contributed by atoms with van der Waals surface area (Å²) in [6, 6.07) is 15.0. The van der Waals surface area contributed by atoms with Crippen LogP contribution in [0.2, 0.25) is 0 Å². The zero-order valence-electron chi connectivity index (χ0n) is 11.6. The molecule has 0 unspecified atom stereocenters. The third-order valence-corrected chi connectivity index (χ3v) is 3.53. The molecule has 0 fully saturated rings. The van der Waals surface area contributed by atoms with E-state index in [1.807, 2.05) is 37.3 Å². The molecule has 1 aromatic heterocycles. The average Bonchev–Trinajstić information content (AvgIpc) is 2.51. The van der Waals surface area contributed by atoms with Crippen molar-refractivity contribution in [1.29, 1.82) is 5.26 Å². The van der Waals surface area contributed by atoms with Crippen molar-refractivity contribution in [2.75, 3.05) is 0 Å². The molecule has 4 nitrogen and oxygen atoms in total. The maximum absolute atomic E-state index is 12.5. The second-order valence-electron chi connectivity index (χ2n) is 4.92. The van der Waals surface area contributed by atoms with Crippen LogP contribution in [-0.2, 0) is 6.54 Å². The first-order valence-corrected chi connectivity index (χ1v) is 6.63. The fourth-order valence-corrected chi connectivity index (χ4v) is 2.40. The summed E-state index contributed by atoms with van der Waals surface area (Å²) in [6.45, 7) is 2.28. The van der Waals surface area contributed by atoms with Gasteiger partial charge in [0.1, 0.15) is 0 Å². The van der Waals surface area contributed by atoms with E-state index in [0.29, 0.717) is 17.5 Å². The lowest BCUT2D eigenvalue weighted by Crippen LogP contribution is -2.21. The quantitative estimate of drug-likeness (QED) is 0.722. The Balaban J connectivity index is 2.13. The average molecular weight is 275 g/mol. The van der Waals surface area contributed by atoms with Crippen LogP contribution in [-0.4, -0.2) is 9.55 Å². The number of rotatable bonds is 2. The van der Waals surface area contributed by atoms with Gasteiger partial charge in [0.2, 0.25) is 0 Å². The highest BCUT2D eigenvalue weighted by Crippen LogP contribution is 2.13. The highest BCUT2D eigenvalue weighted by molar-refractivity contribution is 5.80. The molecule has 0 atom stereocenters. The minimum Gasteiger partial charge on any atom is -0.294 e. The summed E-state index contributed by atoms with van der Waals surface area (Å²) in [7, 11) is 0. The lowest BCUT2D eigenvalue weighted by molar-refractivity contribution is 0.746. The van der Waals surface area contributed by atoms with E-state index in [1.165, 1.54) is 4.57 Å². The molecule has 0 saturated heterocycles. The minimum absolute atomic E-state index is 0.0866. The Labute approximate surface area is 121 Å². The molecule has 0 bridgehead atoms. The Bertz CT molecular complexity index is 919. The predicted octanol–water partition coefficient (Wildman–Crippen LogP) is 2.62. The molecule has 0 aliphatic heterocycles. The van der Waals surface area contributed by atoms with Crippen LogP contribution in [0.15, 0.2) is 53.6 Å². The molecule has 3 aromatic rings. The van der Waals surface area contributed by atoms with E-state index in [4.69, 9.17) is 5.26 Å². The van der Waals surface area contributed by atoms with Gasteiger partial charge in [0.05, 0.1) is 35.4 Å². The largest absolute Gasteiger partial charge is 0.294 e. The molecule has 0 aliphatic carbocycles. The minimum atomic E-state index is -0.0866. The van der Waals surface area contributed by atoms with E-state index >= 15 is 0 Å². The van der Waals surface area contributed by atoms with E-state index < -0.39 is 0 Å². The third kappa shape index (κ3) is 2.30. The number of hydrogen-bond donors (Lipinski definition) is 0. The van der Waals surface area contributed by atoms with E-state index in [2.05, 4.69) is 11.1 Å². The van der Waals surface area contributed by atoms with Crippen LogP contribution in [0, 0.1) is 18.3 Å². The molecule has 0 spiro atoms. The number of nitriles is 1. The summed E-state index contributed by atoms with van der Waals surface area (Å²) >= 11 is 0. The summed E-state index contributed by atoms with van der Waals surface area (Å²) in [4.78, 5) is 16.9. The zero-order chi connectivity index (χ0) is 14.8. The number of nitrogens with zero attached hydrogens (tertiary/aromatic N) is 3. The molecule has 1 heterocycles. The first-order valence-electron chi connectivity index (χ1n) is 6.63. The molecule has 0 amide bonds. The van der Waals surface area contributed by atoms with Crippen LogP contribution in [0.25, 0.3) is 10.9 Å². The standard InChI is InChI=1S/C17H13N3O/c1-12-5-4-8-15-16(12)19-11-20(17(15)21)10-14-7-3-2-6-13(14)9-18/h2-8,11H,10H2,1H3. The molecule has 2 aromatic carbocycles. The number of fused-ring (bicyclic) bond motifs is 1. The van der Waals surface area contributed by atoms with Crippen LogP contribution in [0.3, 0.4) is 0 Å². The number of aryl methyl sites for hydroxylation is 1. The number of benzene rings is 2. The lowest BCUT2D eigenvalue weighted by atomic mass is 10.1. The van der Waals surface area contributed by atoms with E-state index in [0.717, 1.165) is 16.6 Å². The van der Waals surface area contributed by atoms with Crippen LogP contribution in [0.1, 0.15) is 16.7 Å². The lowest BCUT2D eigenvalue weighted by Gasteiger charge is -2.09. The first-order chi connectivity index (χ1) is 10.2. The highest BCUT2D eigenvalue weighted by atomic mass is 16.1. The van der Waals surface area contributed by atoms with E-state index in [1.54, 1.807) is 18.5 Å². The summed E-state index contributed by atoms with van der Waals surface area (Å²) < 4.78 is 1.54. The van der Waals surface area contributed by atoms with Gasteiger partial charge in [-0.3, -0.25) is 9.36 Å². The van der Waals surface area contributed by atoms with Crippen molar-refractivity contribution in [1.82, 2.24) is 9.55 Å². The fraction of sp³-hybridized carbons (Fsp3) is 0.118. The molecule has 21 heavy (non-hydrogen) atoms. The van der Waals surface area contributed by atoms with Gasteiger partial charge in [-0.25, -0.2) is 4.98 Å². The van der Waals surface area contributed by atoms with Crippen molar-refractivity contribution < 1.29 is 0 Å². The summed E-state index contributed by atoms with van der Waals surface area (Å²) in [5.74, 6) is 0. The molecule has 102 valence electrons. The third-order valence-electron chi connectivity index (χ3n) is 3.53. The van der Waals surface area contributed by atoms with Gasteiger partial charge < -0.3 is 0 Å². The van der Waals surface area contributed by atoms with Gasteiger partial charge in [-0.15, -0.1) is 0 Å². The normalized spacial score (nSPS) is 10.5. The molecule has 3 rings (SSSR count). The Morgan fingerprint density at radius 1 is 1.19 bits per heavy atom. The molecule has 4 heteroatoms. The van der Waals surface area contributed by atoms with E-state index in [-0.39, 0.29) is 5.56 Å². The van der Waals surface area contributed by atoms with Gasteiger partial charge in [-0.2, -0.15) is 5.26 Å². The van der Waals surface area contributed by atoms with Gasteiger partial charge in [0.15, 0.2) is 0 Å². The highest BCUT2D eigenvalue weighted by Gasteiger charge is 2.08. The van der Waals surface area contributed by atoms with Crippen molar-refractivity contribution >= 4 is 10.9 Å². The number of aromatic nitrogens is 2. The Morgan fingerprint density at radius 2 is 2.00 bits per heavy atom. The molecule has 0 aliphatic rings. The summed E-state index contributed by atoms with van der Waals surface area (Å²) in [6.07, 6.45) is 1.55. The zero-order valence-corrected chi connectivity index (χ0v) is 11.6. The van der Waals surface area contributed by atoms with E-state index in [9.17, 15) is 4.79 Å². The Kier molecular flexibility index (Phi) is 3.25. The van der Waals surface area contributed by atoms with Crippen LogP contribution in [0.5, 0.6) is 0 Å². The molecule has 0 N–H and O–H groups in total. The maximum Gasteiger partial charge on any atom is 0.261 e. The van der Waals surface area contributed by atoms with Gasteiger partial charge >= 0.3 is 0 Å². The van der Waals surface area contributed by atoms with Crippen molar-refractivity contribution in [3.63, 3.8) is 0 Å². The SMILES string of the molecule is Cc1cccc2c(=O)n(Cc3ccccc3C#N)cnc12. The van der Waals surface area contributed by atoms with Gasteiger partial charge in [-0.1, -0.05) is 30.3 Å². The number of hydrogen-bond acceptors (Lipinski definition) is 3. The monoisotopic (exact) mass is 275 g/mol. The summed E-state index contributed by atoms with van der Waals surface area (Å²) in [5.41, 5.74) is 3.02. The van der Waals surface area contributed by atoms with Crippen LogP contribution < -0.4 is 5.56 Å². The molecule has 0 saturated carbocycles. The van der Waals surface area contributed by atoms with Crippen molar-refractivity contribution in [3.05, 3.63) is 75.8 Å². The first kappa shape index (κ1) is 13.1. The van der Waals surface area contributed by atoms with Crippen LogP contribution >= 0.6 is 0 Å². The van der Waals surface area contributed by atoms with Gasteiger partial charge in [0.25, 0.3) is 5.56 Å². The molecule has 0 radical (unpaired) electrons. The van der Waals surface area contributed by atoms with Crippen molar-refractivity contribution in [2.45, 2.75) is 13.5 Å². The van der Waals surface area contributed by atoms with Gasteiger partial charge in [0, 0.05) is 0 Å². The topological polar surface area (TPSA) is 58.7 Å². The number of para-hydroxylation sites is 1.